The number of ketones is 1. The van der Waals surface area contributed by atoms with E-state index in [1.807, 2.05) is 29.2 Å². The van der Waals surface area contributed by atoms with E-state index in [-0.39, 0.29) is 17.2 Å². The molecule has 1 aromatic heterocycles. The lowest BCUT2D eigenvalue weighted by Gasteiger charge is -2.36. The van der Waals surface area contributed by atoms with Crippen molar-refractivity contribution < 1.29 is 9.59 Å². The molecule has 0 bridgehead atoms. The van der Waals surface area contributed by atoms with Crippen molar-refractivity contribution in [2.75, 3.05) is 36.8 Å². The van der Waals surface area contributed by atoms with Gasteiger partial charge < -0.3 is 9.80 Å². The maximum atomic E-state index is 13.1. The molecule has 0 N–H and O–H groups in total. The summed E-state index contributed by atoms with van der Waals surface area (Å²) in [6.45, 7) is 4.92. The Balaban J connectivity index is 1.31. The summed E-state index contributed by atoms with van der Waals surface area (Å²) in [6, 6.07) is 12.8. The van der Waals surface area contributed by atoms with Crippen molar-refractivity contribution >= 4 is 40.0 Å². The van der Waals surface area contributed by atoms with Crippen LogP contribution in [0.25, 0.3) is 10.9 Å². The van der Waals surface area contributed by atoms with Crippen LogP contribution in [-0.2, 0) is 6.54 Å². The van der Waals surface area contributed by atoms with Gasteiger partial charge in [-0.25, -0.2) is 4.98 Å². The van der Waals surface area contributed by atoms with Crippen LogP contribution in [0.4, 0.5) is 5.69 Å². The quantitative estimate of drug-likeness (QED) is 0.466. The van der Waals surface area contributed by atoms with E-state index in [4.69, 9.17) is 0 Å². The maximum absolute atomic E-state index is 13.1. The summed E-state index contributed by atoms with van der Waals surface area (Å²) in [5, 5.41) is 1.29. The Morgan fingerprint density at radius 1 is 0.935 bits per heavy atom. The van der Waals surface area contributed by atoms with E-state index in [0.29, 0.717) is 41.7 Å². The third-order valence-electron chi connectivity index (χ3n) is 5.92. The normalized spacial score (nSPS) is 15.9. The number of nitrogens with zero attached hydrogens (tertiary/aromatic N) is 4. The highest BCUT2D eigenvalue weighted by molar-refractivity contribution is 7.99. The van der Waals surface area contributed by atoms with E-state index in [1.165, 1.54) is 0 Å². The number of carbonyl (C=O) groups is 2. The molecule has 2 aliphatic heterocycles. The third kappa shape index (κ3) is 3.61. The number of amides is 1. The number of fused-ring (bicyclic) bond motifs is 2. The summed E-state index contributed by atoms with van der Waals surface area (Å²) in [7, 11) is 0. The molecule has 0 saturated carbocycles. The van der Waals surface area contributed by atoms with Crippen LogP contribution in [-0.4, -0.2) is 58.1 Å². The molecule has 0 unspecified atom stereocenters. The van der Waals surface area contributed by atoms with Gasteiger partial charge in [0.25, 0.3) is 11.5 Å². The lowest BCUT2D eigenvalue weighted by atomic mass is 10.1. The standard InChI is InChI=1S/C23H22N4O3S/c1-15(28)16-2-5-18(6-3-16)25-8-10-26(11-9-25)21(29)17-4-7-19-20(14-17)24-23-27(22(19)30)12-13-31-23/h2-7,14H,8-13H2,1H3. The van der Waals surface area contributed by atoms with Crippen molar-refractivity contribution in [2.24, 2.45) is 0 Å². The highest BCUT2D eigenvalue weighted by Crippen LogP contribution is 2.24. The van der Waals surface area contributed by atoms with E-state index in [9.17, 15) is 14.4 Å². The van der Waals surface area contributed by atoms with Gasteiger partial charge in [-0.1, -0.05) is 11.8 Å². The molecule has 0 spiro atoms. The number of thioether (sulfide) groups is 1. The predicted octanol–water partition coefficient (Wildman–Crippen LogP) is 2.67. The molecule has 3 aromatic rings. The first-order valence-electron chi connectivity index (χ1n) is 10.3. The van der Waals surface area contributed by atoms with Crippen molar-refractivity contribution in [1.82, 2.24) is 14.5 Å². The van der Waals surface area contributed by atoms with Crippen molar-refractivity contribution in [3.63, 3.8) is 0 Å². The molecule has 158 valence electrons. The summed E-state index contributed by atoms with van der Waals surface area (Å²) < 4.78 is 1.71. The SMILES string of the molecule is CC(=O)c1ccc(N2CCN(C(=O)c3ccc4c(=O)n5c(nc4c3)SCC5)CC2)cc1. The number of benzene rings is 2. The molecular weight excluding hydrogens is 412 g/mol. The Bertz CT molecular complexity index is 1240. The number of anilines is 1. The van der Waals surface area contributed by atoms with E-state index < -0.39 is 0 Å². The zero-order valence-electron chi connectivity index (χ0n) is 17.2. The molecule has 3 heterocycles. The van der Waals surface area contributed by atoms with Crippen LogP contribution in [0.1, 0.15) is 27.6 Å². The first kappa shape index (κ1) is 19.8. The van der Waals surface area contributed by atoms with Gasteiger partial charge in [0.1, 0.15) is 0 Å². The molecule has 0 radical (unpaired) electrons. The summed E-state index contributed by atoms with van der Waals surface area (Å²) >= 11 is 1.57. The van der Waals surface area contributed by atoms with Crippen LogP contribution in [0.5, 0.6) is 0 Å². The molecule has 1 amide bonds. The largest absolute Gasteiger partial charge is 0.368 e. The van der Waals surface area contributed by atoms with Crippen LogP contribution in [0.15, 0.2) is 52.4 Å². The van der Waals surface area contributed by atoms with E-state index >= 15 is 0 Å². The minimum atomic E-state index is -0.0384. The molecule has 0 atom stereocenters. The fraction of sp³-hybridized carbons (Fsp3) is 0.304. The number of piperazine rings is 1. The number of carbonyl (C=O) groups excluding carboxylic acids is 2. The fourth-order valence-electron chi connectivity index (χ4n) is 4.13. The number of hydrogen-bond donors (Lipinski definition) is 0. The van der Waals surface area contributed by atoms with E-state index in [0.717, 1.165) is 29.7 Å². The topological polar surface area (TPSA) is 75.5 Å². The van der Waals surface area contributed by atoms with Crippen LogP contribution in [0.2, 0.25) is 0 Å². The summed E-state index contributed by atoms with van der Waals surface area (Å²) in [4.78, 5) is 45.8. The van der Waals surface area contributed by atoms with Crippen LogP contribution in [0, 0.1) is 0 Å². The molecule has 2 aromatic carbocycles. The maximum Gasteiger partial charge on any atom is 0.262 e. The molecule has 5 rings (SSSR count). The van der Waals surface area contributed by atoms with Crippen molar-refractivity contribution in [3.05, 3.63) is 63.9 Å². The van der Waals surface area contributed by atoms with Gasteiger partial charge in [-0.2, -0.15) is 0 Å². The van der Waals surface area contributed by atoms with Gasteiger partial charge in [-0.3, -0.25) is 19.0 Å². The van der Waals surface area contributed by atoms with Gasteiger partial charge in [0.05, 0.1) is 10.9 Å². The second-order valence-corrected chi connectivity index (χ2v) is 8.88. The van der Waals surface area contributed by atoms with E-state index in [2.05, 4.69) is 9.88 Å². The second kappa shape index (κ2) is 7.85. The van der Waals surface area contributed by atoms with Gasteiger partial charge in [-0.15, -0.1) is 0 Å². The molecule has 2 aliphatic rings. The fourth-order valence-corrected chi connectivity index (χ4v) is 5.08. The molecule has 7 nitrogen and oxygen atoms in total. The van der Waals surface area contributed by atoms with Crippen LogP contribution >= 0.6 is 11.8 Å². The molecule has 1 fully saturated rings. The number of hydrogen-bond acceptors (Lipinski definition) is 6. The summed E-state index contributed by atoms with van der Waals surface area (Å²) in [5.41, 5.74) is 2.87. The smallest absolute Gasteiger partial charge is 0.262 e. The van der Waals surface area contributed by atoms with Gasteiger partial charge in [0, 0.05) is 55.3 Å². The zero-order chi connectivity index (χ0) is 21.5. The van der Waals surface area contributed by atoms with Crippen LogP contribution in [0.3, 0.4) is 0 Å². The number of rotatable bonds is 3. The molecule has 8 heteroatoms. The Morgan fingerprint density at radius 3 is 2.35 bits per heavy atom. The number of Topliss-reactive ketones (excluding diaryl/α,β-unsaturated/α-hetero) is 1. The van der Waals surface area contributed by atoms with Crippen LogP contribution < -0.4 is 10.5 Å². The van der Waals surface area contributed by atoms with Gasteiger partial charge >= 0.3 is 0 Å². The summed E-state index contributed by atoms with van der Waals surface area (Å²) in [6.07, 6.45) is 0. The van der Waals surface area contributed by atoms with Gasteiger partial charge in [-0.05, 0) is 49.4 Å². The summed E-state index contributed by atoms with van der Waals surface area (Å²) in [5.74, 6) is 0.869. The second-order valence-electron chi connectivity index (χ2n) is 7.81. The van der Waals surface area contributed by atoms with Crippen molar-refractivity contribution in [3.8, 4) is 0 Å². The first-order valence-corrected chi connectivity index (χ1v) is 11.3. The minimum Gasteiger partial charge on any atom is -0.368 e. The highest BCUT2D eigenvalue weighted by Gasteiger charge is 2.24. The lowest BCUT2D eigenvalue weighted by Crippen LogP contribution is -2.48. The average molecular weight is 435 g/mol. The first-order chi connectivity index (χ1) is 15.0. The third-order valence-corrected chi connectivity index (χ3v) is 6.88. The predicted molar refractivity (Wildman–Crippen MR) is 121 cm³/mol. The van der Waals surface area contributed by atoms with E-state index in [1.54, 1.807) is 41.5 Å². The Morgan fingerprint density at radius 2 is 1.65 bits per heavy atom. The minimum absolute atomic E-state index is 0.0339. The molecule has 1 saturated heterocycles. The van der Waals surface area contributed by atoms with Gasteiger partial charge in [0.15, 0.2) is 10.9 Å². The van der Waals surface area contributed by atoms with Crippen molar-refractivity contribution in [1.29, 1.82) is 0 Å². The molecular formula is C23H22N4O3S. The van der Waals surface area contributed by atoms with Gasteiger partial charge in [0.2, 0.25) is 0 Å². The highest BCUT2D eigenvalue weighted by atomic mass is 32.2. The van der Waals surface area contributed by atoms with Crippen molar-refractivity contribution in [2.45, 2.75) is 18.6 Å². The molecule has 0 aliphatic carbocycles. The molecule has 31 heavy (non-hydrogen) atoms. The average Bonchev–Trinajstić information content (AvgIpc) is 3.27. The Hall–Kier alpha value is -3.13. The zero-order valence-corrected chi connectivity index (χ0v) is 18.0. The number of aromatic nitrogens is 2. The lowest BCUT2D eigenvalue weighted by molar-refractivity contribution is 0.0746. The Labute approximate surface area is 183 Å². The monoisotopic (exact) mass is 434 g/mol. The Kier molecular flexibility index (Phi) is 5.02.